The summed E-state index contributed by atoms with van der Waals surface area (Å²) < 4.78 is 1.84. The van der Waals surface area contributed by atoms with Gasteiger partial charge >= 0.3 is 5.69 Å². The van der Waals surface area contributed by atoms with Crippen molar-refractivity contribution in [1.82, 2.24) is 19.5 Å². The van der Waals surface area contributed by atoms with Crippen LogP contribution >= 0.6 is 0 Å². The zero-order valence-electron chi connectivity index (χ0n) is 7.53. The maximum absolute atomic E-state index is 11.1. The summed E-state index contributed by atoms with van der Waals surface area (Å²) in [4.78, 5) is 21.7. The number of aryl methyl sites for hydroxylation is 2. The van der Waals surface area contributed by atoms with Gasteiger partial charge in [-0.2, -0.15) is 4.98 Å². The molecule has 0 spiro atoms. The fourth-order valence-corrected chi connectivity index (χ4v) is 1.33. The first kappa shape index (κ1) is 7.97. The van der Waals surface area contributed by atoms with Crippen molar-refractivity contribution in [3.63, 3.8) is 0 Å². The smallest absolute Gasteiger partial charge is 0.315 e. The molecule has 0 radical (unpaired) electrons. The van der Waals surface area contributed by atoms with Crippen LogP contribution in [0.15, 0.2) is 11.1 Å². The van der Waals surface area contributed by atoms with Gasteiger partial charge in [0.15, 0.2) is 5.65 Å². The van der Waals surface area contributed by atoms with Gasteiger partial charge in [0, 0.05) is 12.2 Å². The van der Waals surface area contributed by atoms with Crippen LogP contribution in [-0.2, 0) is 6.54 Å². The molecule has 13 heavy (non-hydrogen) atoms. The van der Waals surface area contributed by atoms with Crippen molar-refractivity contribution in [2.45, 2.75) is 20.4 Å². The Hall–Kier alpha value is -1.65. The normalized spacial score (nSPS) is 10.9. The van der Waals surface area contributed by atoms with E-state index in [1.54, 1.807) is 6.33 Å². The van der Waals surface area contributed by atoms with E-state index in [0.29, 0.717) is 5.65 Å². The van der Waals surface area contributed by atoms with Gasteiger partial charge < -0.3 is 9.55 Å². The van der Waals surface area contributed by atoms with Gasteiger partial charge in [0.05, 0.1) is 6.33 Å². The van der Waals surface area contributed by atoms with Crippen LogP contribution in [0.1, 0.15) is 12.6 Å². The summed E-state index contributed by atoms with van der Waals surface area (Å²) in [6.45, 7) is 4.57. The van der Waals surface area contributed by atoms with Crippen molar-refractivity contribution < 1.29 is 0 Å². The predicted octanol–water partition coefficient (Wildman–Crippen LogP) is 0.448. The topological polar surface area (TPSA) is 63.6 Å². The van der Waals surface area contributed by atoms with E-state index in [4.69, 9.17) is 0 Å². The molecule has 0 aromatic carbocycles. The van der Waals surface area contributed by atoms with Gasteiger partial charge in [-0.1, -0.05) is 0 Å². The first-order valence-electron chi connectivity index (χ1n) is 4.14. The van der Waals surface area contributed by atoms with E-state index in [-0.39, 0.29) is 5.69 Å². The van der Waals surface area contributed by atoms with Crippen molar-refractivity contribution in [1.29, 1.82) is 0 Å². The number of imidazole rings is 1. The molecule has 1 N–H and O–H groups in total. The Bertz CT molecular complexity index is 496. The molecule has 2 aromatic rings. The number of nitrogens with zero attached hydrogens (tertiary/aromatic N) is 3. The molecular formula is C8H10N4O. The van der Waals surface area contributed by atoms with E-state index >= 15 is 0 Å². The zero-order chi connectivity index (χ0) is 9.42. The Morgan fingerprint density at radius 3 is 3.08 bits per heavy atom. The Labute approximate surface area is 74.4 Å². The highest BCUT2D eigenvalue weighted by atomic mass is 16.1. The van der Waals surface area contributed by atoms with Gasteiger partial charge in [-0.25, -0.2) is 9.78 Å². The molecular weight excluding hydrogens is 168 g/mol. The van der Waals surface area contributed by atoms with Crippen LogP contribution in [0.3, 0.4) is 0 Å². The molecule has 0 aliphatic heterocycles. The van der Waals surface area contributed by atoms with Crippen LogP contribution in [0.25, 0.3) is 11.2 Å². The van der Waals surface area contributed by atoms with Gasteiger partial charge in [-0.15, -0.1) is 0 Å². The lowest BCUT2D eigenvalue weighted by atomic mass is 10.4. The fourth-order valence-electron chi connectivity index (χ4n) is 1.33. The lowest BCUT2D eigenvalue weighted by Gasteiger charge is -1.97. The number of hydrogen-bond donors (Lipinski definition) is 1. The third-order valence-corrected chi connectivity index (χ3v) is 2.01. The van der Waals surface area contributed by atoms with Gasteiger partial charge in [0.1, 0.15) is 5.52 Å². The summed E-state index contributed by atoms with van der Waals surface area (Å²) in [6, 6.07) is 0. The quantitative estimate of drug-likeness (QED) is 0.689. The van der Waals surface area contributed by atoms with Crippen LogP contribution in [0, 0.1) is 6.92 Å². The van der Waals surface area contributed by atoms with E-state index in [1.165, 1.54) is 0 Å². The predicted molar refractivity (Wildman–Crippen MR) is 48.6 cm³/mol. The van der Waals surface area contributed by atoms with Crippen LogP contribution < -0.4 is 5.69 Å². The highest BCUT2D eigenvalue weighted by Gasteiger charge is 2.06. The van der Waals surface area contributed by atoms with Gasteiger partial charge in [0.25, 0.3) is 0 Å². The maximum Gasteiger partial charge on any atom is 0.347 e. The molecule has 68 valence electrons. The SMILES string of the molecule is CCn1cnc2c(C)[nH]c(=O)nc21. The summed E-state index contributed by atoms with van der Waals surface area (Å²) >= 11 is 0. The molecule has 0 atom stereocenters. The second-order valence-corrected chi connectivity index (χ2v) is 2.87. The molecule has 5 nitrogen and oxygen atoms in total. The molecule has 0 fully saturated rings. The highest BCUT2D eigenvalue weighted by Crippen LogP contribution is 2.09. The molecule has 0 unspecified atom stereocenters. The lowest BCUT2D eigenvalue weighted by molar-refractivity contribution is 0.775. The van der Waals surface area contributed by atoms with Crippen LogP contribution in [0.4, 0.5) is 0 Å². The number of aromatic nitrogens is 4. The number of H-pyrrole nitrogens is 1. The molecule has 2 heterocycles. The Balaban J connectivity index is 2.90. The zero-order valence-corrected chi connectivity index (χ0v) is 7.53. The second kappa shape index (κ2) is 2.69. The molecule has 5 heteroatoms. The largest absolute Gasteiger partial charge is 0.347 e. The molecule has 0 bridgehead atoms. The van der Waals surface area contributed by atoms with E-state index < -0.39 is 0 Å². The molecule has 2 aromatic heterocycles. The van der Waals surface area contributed by atoms with Crippen molar-refractivity contribution in [2.75, 3.05) is 0 Å². The molecule has 0 amide bonds. The average molecular weight is 178 g/mol. The van der Waals surface area contributed by atoms with Crippen LogP contribution in [0.5, 0.6) is 0 Å². The minimum absolute atomic E-state index is 0.319. The molecule has 2 rings (SSSR count). The monoisotopic (exact) mass is 178 g/mol. The van der Waals surface area contributed by atoms with Gasteiger partial charge in [0.2, 0.25) is 0 Å². The molecule has 0 aliphatic carbocycles. The molecule has 0 saturated carbocycles. The Morgan fingerprint density at radius 2 is 2.38 bits per heavy atom. The van der Waals surface area contributed by atoms with Crippen molar-refractivity contribution in [2.24, 2.45) is 0 Å². The molecule has 0 saturated heterocycles. The van der Waals surface area contributed by atoms with Crippen LogP contribution in [-0.4, -0.2) is 19.5 Å². The number of fused-ring (bicyclic) bond motifs is 1. The fraction of sp³-hybridized carbons (Fsp3) is 0.375. The van der Waals surface area contributed by atoms with E-state index in [1.807, 2.05) is 18.4 Å². The van der Waals surface area contributed by atoms with Crippen molar-refractivity contribution in [3.05, 3.63) is 22.5 Å². The Morgan fingerprint density at radius 1 is 1.62 bits per heavy atom. The van der Waals surface area contributed by atoms with E-state index in [2.05, 4.69) is 15.0 Å². The summed E-state index contributed by atoms with van der Waals surface area (Å²) in [6.07, 6.45) is 1.69. The third kappa shape index (κ3) is 1.12. The number of hydrogen-bond acceptors (Lipinski definition) is 3. The number of rotatable bonds is 1. The van der Waals surface area contributed by atoms with Gasteiger partial charge in [-0.3, -0.25) is 0 Å². The van der Waals surface area contributed by atoms with Crippen molar-refractivity contribution >= 4 is 11.2 Å². The summed E-state index contributed by atoms with van der Waals surface area (Å²) in [5.74, 6) is 0. The average Bonchev–Trinajstić information content (AvgIpc) is 2.47. The number of nitrogens with one attached hydrogen (secondary N) is 1. The van der Waals surface area contributed by atoms with E-state index in [0.717, 1.165) is 17.8 Å². The van der Waals surface area contributed by atoms with Gasteiger partial charge in [-0.05, 0) is 13.8 Å². The second-order valence-electron chi connectivity index (χ2n) is 2.87. The third-order valence-electron chi connectivity index (χ3n) is 2.01. The summed E-state index contributed by atoms with van der Waals surface area (Å²) in [5, 5.41) is 0. The summed E-state index contributed by atoms with van der Waals surface area (Å²) in [7, 11) is 0. The first-order valence-corrected chi connectivity index (χ1v) is 4.14. The van der Waals surface area contributed by atoms with Crippen LogP contribution in [0.2, 0.25) is 0 Å². The minimum atomic E-state index is -0.319. The number of aromatic amines is 1. The van der Waals surface area contributed by atoms with E-state index in [9.17, 15) is 4.79 Å². The minimum Gasteiger partial charge on any atom is -0.315 e. The highest BCUT2D eigenvalue weighted by molar-refractivity contribution is 5.72. The standard InChI is InChI=1S/C8H10N4O/c1-3-12-4-9-6-5(2)10-8(13)11-7(6)12/h4H,3H2,1-2H3,(H,10,11,13). The van der Waals surface area contributed by atoms with Crippen molar-refractivity contribution in [3.8, 4) is 0 Å². The Kier molecular flexibility index (Phi) is 1.65. The first-order chi connectivity index (χ1) is 6.22. The molecule has 0 aliphatic rings. The maximum atomic E-state index is 11.1. The lowest BCUT2D eigenvalue weighted by Crippen LogP contribution is -2.12. The summed E-state index contributed by atoms with van der Waals surface area (Å²) in [5.41, 5.74) is 1.87.